The van der Waals surface area contributed by atoms with Crippen molar-refractivity contribution in [2.24, 2.45) is 0 Å². The average molecular weight is 165 g/mol. The lowest BCUT2D eigenvalue weighted by atomic mass is 10.1. The van der Waals surface area contributed by atoms with Crippen LogP contribution in [0.2, 0.25) is 0 Å². The summed E-state index contributed by atoms with van der Waals surface area (Å²) in [5.41, 5.74) is 1.10. The Morgan fingerprint density at radius 1 is 1.17 bits per heavy atom. The molecule has 0 spiro atoms. The maximum atomic E-state index is 5.17. The van der Waals surface area contributed by atoms with Crippen LogP contribution in [0, 0.1) is 6.07 Å². The predicted molar refractivity (Wildman–Crippen MR) is 47.8 cm³/mol. The summed E-state index contributed by atoms with van der Waals surface area (Å²) in [6, 6.07) is 6.60. The SMILES string of the molecule is CCc1c(OC)c[c]cc1OC. The maximum Gasteiger partial charge on any atom is 0.126 e. The van der Waals surface area contributed by atoms with Gasteiger partial charge in [0.25, 0.3) is 0 Å². The third-order valence-electron chi connectivity index (χ3n) is 1.82. The zero-order valence-electron chi connectivity index (χ0n) is 7.68. The first-order valence-corrected chi connectivity index (χ1v) is 3.94. The molecule has 1 radical (unpaired) electrons. The van der Waals surface area contributed by atoms with Gasteiger partial charge < -0.3 is 9.47 Å². The number of hydrogen-bond acceptors (Lipinski definition) is 2. The fourth-order valence-corrected chi connectivity index (χ4v) is 1.20. The smallest absolute Gasteiger partial charge is 0.126 e. The lowest BCUT2D eigenvalue weighted by Crippen LogP contribution is -1.94. The molecule has 1 rings (SSSR count). The minimum atomic E-state index is 0.844. The molecule has 0 atom stereocenters. The highest BCUT2D eigenvalue weighted by atomic mass is 16.5. The van der Waals surface area contributed by atoms with Gasteiger partial charge in [-0.3, -0.25) is 0 Å². The van der Waals surface area contributed by atoms with E-state index in [9.17, 15) is 0 Å². The standard InChI is InChI=1S/C10H13O2/c1-4-8-9(11-2)6-5-7-10(8)12-3/h6-7H,4H2,1-3H3. The molecule has 1 aromatic rings. The average Bonchev–Trinajstić information content (AvgIpc) is 2.16. The summed E-state index contributed by atoms with van der Waals surface area (Å²) < 4.78 is 10.3. The second-order valence-corrected chi connectivity index (χ2v) is 2.42. The topological polar surface area (TPSA) is 18.5 Å². The van der Waals surface area contributed by atoms with Crippen LogP contribution in [-0.4, -0.2) is 14.2 Å². The lowest BCUT2D eigenvalue weighted by Gasteiger charge is -2.10. The van der Waals surface area contributed by atoms with E-state index in [1.807, 2.05) is 12.1 Å². The first-order chi connectivity index (χ1) is 5.83. The molecule has 0 fully saturated rings. The molecule has 0 N–H and O–H groups in total. The molecule has 1 aromatic carbocycles. The molecule has 0 saturated heterocycles. The van der Waals surface area contributed by atoms with E-state index < -0.39 is 0 Å². The van der Waals surface area contributed by atoms with Gasteiger partial charge >= 0.3 is 0 Å². The highest BCUT2D eigenvalue weighted by Crippen LogP contribution is 2.27. The fraction of sp³-hybridized carbons (Fsp3) is 0.400. The van der Waals surface area contributed by atoms with Crippen LogP contribution < -0.4 is 9.47 Å². The second-order valence-electron chi connectivity index (χ2n) is 2.42. The van der Waals surface area contributed by atoms with Gasteiger partial charge in [0.2, 0.25) is 0 Å². The van der Waals surface area contributed by atoms with Gasteiger partial charge in [-0.25, -0.2) is 0 Å². The highest BCUT2D eigenvalue weighted by Gasteiger charge is 2.06. The molecule has 0 amide bonds. The van der Waals surface area contributed by atoms with Gasteiger partial charge in [0, 0.05) is 5.56 Å². The van der Waals surface area contributed by atoms with Gasteiger partial charge in [-0.15, -0.1) is 0 Å². The summed E-state index contributed by atoms with van der Waals surface area (Å²) in [5.74, 6) is 1.69. The van der Waals surface area contributed by atoms with Gasteiger partial charge in [-0.05, 0) is 24.6 Å². The number of benzene rings is 1. The van der Waals surface area contributed by atoms with E-state index >= 15 is 0 Å². The number of hydrogen-bond donors (Lipinski definition) is 0. The fourth-order valence-electron chi connectivity index (χ4n) is 1.20. The second kappa shape index (κ2) is 4.00. The molecule has 12 heavy (non-hydrogen) atoms. The van der Waals surface area contributed by atoms with Crippen LogP contribution in [0.25, 0.3) is 0 Å². The van der Waals surface area contributed by atoms with Crippen molar-refractivity contribution in [3.63, 3.8) is 0 Å². The molecule has 0 heterocycles. The van der Waals surface area contributed by atoms with Crippen molar-refractivity contribution in [3.8, 4) is 11.5 Å². The first-order valence-electron chi connectivity index (χ1n) is 3.94. The molecule has 0 bridgehead atoms. The normalized spacial score (nSPS) is 9.58. The Morgan fingerprint density at radius 2 is 1.67 bits per heavy atom. The van der Waals surface area contributed by atoms with Crippen molar-refractivity contribution >= 4 is 0 Å². The third kappa shape index (κ3) is 1.52. The Kier molecular flexibility index (Phi) is 2.97. The molecule has 0 aromatic heterocycles. The van der Waals surface area contributed by atoms with E-state index in [1.54, 1.807) is 14.2 Å². The minimum absolute atomic E-state index is 0.844. The van der Waals surface area contributed by atoms with Crippen LogP contribution in [0.5, 0.6) is 11.5 Å². The molecule has 0 unspecified atom stereocenters. The van der Waals surface area contributed by atoms with Crippen molar-refractivity contribution in [3.05, 3.63) is 23.8 Å². The van der Waals surface area contributed by atoms with Crippen LogP contribution in [0.15, 0.2) is 12.1 Å². The van der Waals surface area contributed by atoms with Crippen molar-refractivity contribution in [1.29, 1.82) is 0 Å². The predicted octanol–water partition coefficient (Wildman–Crippen LogP) is 2.07. The Labute approximate surface area is 73.1 Å². The van der Waals surface area contributed by atoms with E-state index in [2.05, 4.69) is 13.0 Å². The van der Waals surface area contributed by atoms with Crippen molar-refractivity contribution < 1.29 is 9.47 Å². The quantitative estimate of drug-likeness (QED) is 0.682. The van der Waals surface area contributed by atoms with E-state index in [4.69, 9.17) is 9.47 Å². The third-order valence-corrected chi connectivity index (χ3v) is 1.82. The Hall–Kier alpha value is -1.18. The summed E-state index contributed by atoms with van der Waals surface area (Å²) in [4.78, 5) is 0. The van der Waals surface area contributed by atoms with Gasteiger partial charge in [-0.1, -0.05) is 6.92 Å². The lowest BCUT2D eigenvalue weighted by molar-refractivity contribution is 0.386. The molecule has 2 heteroatoms. The van der Waals surface area contributed by atoms with E-state index in [1.165, 1.54) is 0 Å². The summed E-state index contributed by atoms with van der Waals surface area (Å²) in [6.07, 6.45) is 0.904. The van der Waals surface area contributed by atoms with Crippen LogP contribution in [0.3, 0.4) is 0 Å². The number of methoxy groups -OCH3 is 2. The maximum absolute atomic E-state index is 5.17. The summed E-state index contributed by atoms with van der Waals surface area (Å²) in [7, 11) is 3.31. The molecule has 0 aliphatic rings. The minimum Gasteiger partial charge on any atom is -0.496 e. The molecular formula is C10H13O2. The van der Waals surface area contributed by atoms with Crippen molar-refractivity contribution in [2.75, 3.05) is 14.2 Å². The Bertz CT molecular complexity index is 234. The summed E-state index contributed by atoms with van der Waals surface area (Å²) in [5, 5.41) is 0. The largest absolute Gasteiger partial charge is 0.496 e. The zero-order chi connectivity index (χ0) is 8.97. The van der Waals surface area contributed by atoms with Gasteiger partial charge in [0.15, 0.2) is 0 Å². The molecule has 0 saturated carbocycles. The number of ether oxygens (including phenoxy) is 2. The van der Waals surface area contributed by atoms with Gasteiger partial charge in [-0.2, -0.15) is 0 Å². The number of rotatable bonds is 3. The van der Waals surface area contributed by atoms with Crippen molar-refractivity contribution in [2.45, 2.75) is 13.3 Å². The van der Waals surface area contributed by atoms with Crippen LogP contribution >= 0.6 is 0 Å². The van der Waals surface area contributed by atoms with Crippen molar-refractivity contribution in [1.82, 2.24) is 0 Å². The van der Waals surface area contributed by atoms with E-state index in [0.29, 0.717) is 0 Å². The molecule has 65 valence electrons. The van der Waals surface area contributed by atoms with Crippen LogP contribution in [0.4, 0.5) is 0 Å². The summed E-state index contributed by atoms with van der Waals surface area (Å²) in [6.45, 7) is 2.07. The van der Waals surface area contributed by atoms with E-state index in [-0.39, 0.29) is 0 Å². The molecular weight excluding hydrogens is 152 g/mol. The summed E-state index contributed by atoms with van der Waals surface area (Å²) >= 11 is 0. The van der Waals surface area contributed by atoms with E-state index in [0.717, 1.165) is 23.5 Å². The Balaban J connectivity index is 3.13. The van der Waals surface area contributed by atoms with Crippen LogP contribution in [0.1, 0.15) is 12.5 Å². The molecule has 0 aliphatic carbocycles. The monoisotopic (exact) mass is 165 g/mol. The first kappa shape index (κ1) is 8.91. The highest BCUT2D eigenvalue weighted by molar-refractivity contribution is 5.44. The van der Waals surface area contributed by atoms with Crippen LogP contribution in [-0.2, 0) is 6.42 Å². The van der Waals surface area contributed by atoms with Gasteiger partial charge in [0.05, 0.1) is 14.2 Å². The molecule has 2 nitrogen and oxygen atoms in total. The zero-order valence-corrected chi connectivity index (χ0v) is 7.68. The molecule has 0 aliphatic heterocycles. The van der Waals surface area contributed by atoms with Gasteiger partial charge in [0.1, 0.15) is 11.5 Å². The Morgan fingerprint density at radius 3 is 2.00 bits per heavy atom.